The van der Waals surface area contributed by atoms with Gasteiger partial charge < -0.3 is 24.4 Å². The Balaban J connectivity index is 1.52. The highest BCUT2D eigenvalue weighted by Gasteiger charge is 2.75. The highest BCUT2D eigenvalue weighted by Crippen LogP contribution is 2.57. The van der Waals surface area contributed by atoms with Crippen LogP contribution in [0.3, 0.4) is 0 Å². The molecule has 8 nitrogen and oxygen atoms in total. The van der Waals surface area contributed by atoms with Crippen LogP contribution < -0.4 is 4.90 Å². The zero-order valence-corrected chi connectivity index (χ0v) is 23.7. The van der Waals surface area contributed by atoms with Crippen LogP contribution in [-0.2, 0) is 30.3 Å². The molecule has 1 spiro atoms. The van der Waals surface area contributed by atoms with E-state index in [-0.39, 0.29) is 31.6 Å². The van der Waals surface area contributed by atoms with Gasteiger partial charge in [0.25, 0.3) is 5.91 Å². The minimum Gasteiger partial charge on any atom is -0.465 e. The number of fused-ring (bicyclic) bond motifs is 2. The topological polar surface area (TPSA) is 96.4 Å². The molecule has 6 rings (SSSR count). The first kappa shape index (κ1) is 27.4. The molecular formula is C33H36N2O6. The lowest BCUT2D eigenvalue weighted by Crippen LogP contribution is -2.59. The van der Waals surface area contributed by atoms with Crippen molar-refractivity contribution in [3.63, 3.8) is 0 Å². The maximum Gasteiger partial charge on any atom is 0.313 e. The van der Waals surface area contributed by atoms with Gasteiger partial charge in [-0.15, -0.1) is 0 Å². The number of ether oxygens (including phenoxy) is 2. The number of carbonyl (C=O) groups excluding carboxylic acids is 3. The number of hydrogen-bond donors (Lipinski definition) is 1. The number of esters is 1. The molecule has 4 aliphatic heterocycles. The van der Waals surface area contributed by atoms with E-state index in [1.807, 2.05) is 86.7 Å². The van der Waals surface area contributed by atoms with Gasteiger partial charge in [-0.05, 0) is 50.3 Å². The first-order chi connectivity index (χ1) is 19.7. The van der Waals surface area contributed by atoms with E-state index in [4.69, 9.17) is 9.47 Å². The number of amides is 2. The Hall–Kier alpha value is -3.75. The molecule has 0 aromatic heterocycles. The summed E-state index contributed by atoms with van der Waals surface area (Å²) in [5, 5.41) is 10.7. The van der Waals surface area contributed by atoms with E-state index in [1.54, 1.807) is 11.8 Å². The van der Waals surface area contributed by atoms with Crippen molar-refractivity contribution in [3.05, 3.63) is 89.5 Å². The summed E-state index contributed by atoms with van der Waals surface area (Å²) in [6, 6.07) is 13.6. The lowest BCUT2D eigenvalue weighted by molar-refractivity contribution is -0.160. The largest absolute Gasteiger partial charge is 0.465 e. The van der Waals surface area contributed by atoms with Gasteiger partial charge in [0.1, 0.15) is 17.6 Å². The number of aryl methyl sites for hydroxylation is 2. The van der Waals surface area contributed by atoms with Crippen molar-refractivity contribution in [2.75, 3.05) is 24.7 Å². The van der Waals surface area contributed by atoms with Crippen molar-refractivity contribution in [2.45, 2.75) is 56.9 Å². The number of aliphatic hydroxyl groups is 1. The third kappa shape index (κ3) is 4.23. The monoisotopic (exact) mass is 556 g/mol. The summed E-state index contributed by atoms with van der Waals surface area (Å²) in [5.74, 6) is -3.13. The van der Waals surface area contributed by atoms with Gasteiger partial charge in [0, 0.05) is 12.2 Å². The molecule has 0 bridgehead atoms. The molecule has 2 amide bonds. The summed E-state index contributed by atoms with van der Waals surface area (Å²) < 4.78 is 12.4. The number of likely N-dealkylation sites (tertiary alicyclic amines) is 1. The van der Waals surface area contributed by atoms with Crippen LogP contribution in [0.15, 0.2) is 72.8 Å². The minimum absolute atomic E-state index is 0.214. The standard InChI is InChI=1S/C33H36N2O6/c1-21-11-9-12-22(2)27(21)34-17-10-16-33-25(26-31(39)40-18-8-7-15-32(26,3)41-33)29(37)35(28(33)30(34)38)24(20-36)19-23-13-5-4-6-14-23/h4-7,9-16,24-26,28,36H,8,17-20H2,1-3H3/t24-,25+,26-,28?,32+,33+/m1/s1. The number of nitrogens with zero attached hydrogens (tertiary/aromatic N) is 2. The fourth-order valence-corrected chi connectivity index (χ4v) is 7.39. The smallest absolute Gasteiger partial charge is 0.313 e. The third-order valence-corrected chi connectivity index (χ3v) is 9.09. The number of benzene rings is 2. The van der Waals surface area contributed by atoms with E-state index < -0.39 is 41.1 Å². The molecule has 1 unspecified atom stereocenters. The second-order valence-electron chi connectivity index (χ2n) is 11.7. The molecule has 2 saturated heterocycles. The zero-order chi connectivity index (χ0) is 28.9. The second kappa shape index (κ2) is 10.3. The minimum atomic E-state index is -1.42. The summed E-state index contributed by atoms with van der Waals surface area (Å²) in [6.45, 7) is 5.86. The molecular weight excluding hydrogens is 520 g/mol. The summed E-state index contributed by atoms with van der Waals surface area (Å²) in [7, 11) is 0. The molecule has 6 atom stereocenters. The molecule has 41 heavy (non-hydrogen) atoms. The van der Waals surface area contributed by atoms with Crippen molar-refractivity contribution < 1.29 is 29.0 Å². The predicted octanol–water partition coefficient (Wildman–Crippen LogP) is 3.28. The Morgan fingerprint density at radius 1 is 0.951 bits per heavy atom. The van der Waals surface area contributed by atoms with Crippen molar-refractivity contribution in [3.8, 4) is 0 Å². The van der Waals surface area contributed by atoms with E-state index in [9.17, 15) is 19.5 Å². The Morgan fingerprint density at radius 2 is 1.68 bits per heavy atom. The SMILES string of the molecule is Cc1cccc(C)c1N1CC=C[C@]23O[C@@]4(C)C=CCCOC(=O)[C@H]4[C@H]2C(=O)N([C@@H](CO)Cc2ccccc2)C3C1=O. The molecule has 2 fully saturated rings. The Morgan fingerprint density at radius 3 is 2.39 bits per heavy atom. The normalized spacial score (nSPS) is 31.6. The highest BCUT2D eigenvalue weighted by atomic mass is 16.6. The molecule has 0 saturated carbocycles. The van der Waals surface area contributed by atoms with Crippen LogP contribution in [0.2, 0.25) is 0 Å². The summed E-state index contributed by atoms with van der Waals surface area (Å²) in [4.78, 5) is 46.2. The molecule has 1 N–H and O–H groups in total. The summed E-state index contributed by atoms with van der Waals surface area (Å²) in [6.07, 6.45) is 8.33. The van der Waals surface area contributed by atoms with E-state index in [1.165, 1.54) is 4.90 Å². The van der Waals surface area contributed by atoms with Crippen LogP contribution in [0.1, 0.15) is 30.0 Å². The van der Waals surface area contributed by atoms with Gasteiger partial charge in [0.2, 0.25) is 5.91 Å². The quantitative estimate of drug-likeness (QED) is 0.449. The summed E-state index contributed by atoms with van der Waals surface area (Å²) >= 11 is 0. The molecule has 2 aromatic rings. The van der Waals surface area contributed by atoms with Crippen molar-refractivity contribution in [1.82, 2.24) is 4.90 Å². The maximum atomic E-state index is 14.8. The fraction of sp³-hybridized carbons (Fsp3) is 0.424. The number of aliphatic hydroxyl groups excluding tert-OH is 1. The van der Waals surface area contributed by atoms with Gasteiger partial charge in [-0.1, -0.05) is 72.8 Å². The van der Waals surface area contributed by atoms with Gasteiger partial charge in [-0.25, -0.2) is 0 Å². The van der Waals surface area contributed by atoms with Crippen LogP contribution in [0.5, 0.6) is 0 Å². The van der Waals surface area contributed by atoms with Crippen LogP contribution in [0.25, 0.3) is 0 Å². The zero-order valence-electron chi connectivity index (χ0n) is 23.7. The van der Waals surface area contributed by atoms with Crippen molar-refractivity contribution >= 4 is 23.5 Å². The van der Waals surface area contributed by atoms with E-state index in [2.05, 4.69) is 0 Å². The van der Waals surface area contributed by atoms with E-state index in [0.717, 1.165) is 22.4 Å². The maximum absolute atomic E-state index is 14.8. The van der Waals surface area contributed by atoms with Gasteiger partial charge >= 0.3 is 5.97 Å². The van der Waals surface area contributed by atoms with Crippen LogP contribution in [0.4, 0.5) is 5.69 Å². The number of rotatable bonds is 5. The average Bonchev–Trinajstić information content (AvgIpc) is 3.27. The van der Waals surface area contributed by atoms with Crippen LogP contribution >= 0.6 is 0 Å². The van der Waals surface area contributed by atoms with E-state index in [0.29, 0.717) is 12.8 Å². The molecule has 2 aromatic carbocycles. The van der Waals surface area contributed by atoms with Gasteiger partial charge in [-0.3, -0.25) is 14.4 Å². The lowest BCUT2D eigenvalue weighted by Gasteiger charge is -2.40. The average molecular weight is 557 g/mol. The molecule has 4 heterocycles. The molecule has 0 aliphatic carbocycles. The molecule has 0 radical (unpaired) electrons. The first-order valence-electron chi connectivity index (χ1n) is 14.3. The van der Waals surface area contributed by atoms with Gasteiger partial charge in [0.05, 0.1) is 30.8 Å². The van der Waals surface area contributed by atoms with Crippen LogP contribution in [-0.4, -0.2) is 70.8 Å². The fourth-order valence-electron chi connectivity index (χ4n) is 7.39. The number of carbonyl (C=O) groups is 3. The highest BCUT2D eigenvalue weighted by molar-refractivity contribution is 6.06. The Labute approximate surface area is 240 Å². The van der Waals surface area contributed by atoms with Crippen molar-refractivity contribution in [2.24, 2.45) is 11.8 Å². The molecule has 8 heteroatoms. The number of hydrogen-bond acceptors (Lipinski definition) is 6. The summed E-state index contributed by atoms with van der Waals surface area (Å²) in [5.41, 5.74) is 1.02. The first-order valence-corrected chi connectivity index (χ1v) is 14.3. The van der Waals surface area contributed by atoms with Crippen LogP contribution in [0, 0.1) is 25.7 Å². The van der Waals surface area contributed by atoms with E-state index >= 15 is 0 Å². The predicted molar refractivity (Wildman–Crippen MR) is 153 cm³/mol. The number of anilines is 1. The second-order valence-corrected chi connectivity index (χ2v) is 11.7. The Kier molecular flexibility index (Phi) is 6.86. The van der Waals surface area contributed by atoms with Gasteiger partial charge in [0.15, 0.2) is 0 Å². The Bertz CT molecular complexity index is 1420. The molecule has 4 aliphatic rings. The van der Waals surface area contributed by atoms with Crippen molar-refractivity contribution in [1.29, 1.82) is 0 Å². The van der Waals surface area contributed by atoms with Gasteiger partial charge in [-0.2, -0.15) is 0 Å². The molecule has 214 valence electrons. The third-order valence-electron chi connectivity index (χ3n) is 9.09. The number of para-hydroxylation sites is 1. The number of cyclic esters (lactones) is 1. The lowest BCUT2D eigenvalue weighted by atomic mass is 9.74.